The summed E-state index contributed by atoms with van der Waals surface area (Å²) < 4.78 is 0. The van der Waals surface area contributed by atoms with Crippen LogP contribution in [0.2, 0.25) is 0 Å². The van der Waals surface area contributed by atoms with Crippen LogP contribution in [-0.4, -0.2) is 5.21 Å². The summed E-state index contributed by atoms with van der Waals surface area (Å²) in [6.07, 6.45) is 0. The molecule has 1 unspecified atom stereocenters. The van der Waals surface area contributed by atoms with Crippen molar-refractivity contribution in [3.05, 3.63) is 35.5 Å². The van der Waals surface area contributed by atoms with E-state index in [4.69, 9.17) is 5.21 Å². The topological polar surface area (TPSA) is 57.0 Å². The van der Waals surface area contributed by atoms with Gasteiger partial charge >= 0.3 is 0 Å². The second-order valence-electron chi connectivity index (χ2n) is 1.68. The van der Waals surface area contributed by atoms with Gasteiger partial charge in [0.25, 0.3) is 0 Å². The summed E-state index contributed by atoms with van der Waals surface area (Å²) in [6.45, 7) is 0. The molecule has 0 aliphatic rings. The van der Waals surface area contributed by atoms with Gasteiger partial charge in [-0.2, -0.15) is 5.21 Å². The van der Waals surface area contributed by atoms with E-state index < -0.39 is 5.39 Å². The highest BCUT2D eigenvalue weighted by Gasteiger charge is 1.92. The van der Waals surface area contributed by atoms with Crippen molar-refractivity contribution in [2.75, 3.05) is 0 Å². The second-order valence-corrected chi connectivity index (χ2v) is 1.68. The third-order valence-corrected chi connectivity index (χ3v) is 0.948. The van der Waals surface area contributed by atoms with Crippen molar-refractivity contribution in [2.45, 2.75) is 0 Å². The van der Waals surface area contributed by atoms with Gasteiger partial charge in [0.1, 0.15) is 0 Å². The Morgan fingerprint density at radius 1 is 1.30 bits per heavy atom. The fourth-order valence-electron chi connectivity index (χ4n) is 0.589. The van der Waals surface area contributed by atoms with Gasteiger partial charge in [0.2, 0.25) is 0 Å². The molecule has 0 fully saturated rings. The standard InChI is InChI=1S/C6H7NO3/c8-7(9)10-6-4-2-1-3-5-6/h1-5,7-8H. The van der Waals surface area contributed by atoms with Crippen LogP contribution in [0.1, 0.15) is 0 Å². The minimum Gasteiger partial charge on any atom is -0.557 e. The van der Waals surface area contributed by atoms with Crippen LogP contribution in [0, 0.1) is 5.21 Å². The van der Waals surface area contributed by atoms with Crippen LogP contribution in [0.25, 0.3) is 0 Å². The van der Waals surface area contributed by atoms with Crippen molar-refractivity contribution < 1.29 is 15.4 Å². The molecule has 0 aliphatic carbocycles. The smallest absolute Gasteiger partial charge is 0.195 e. The number of benzene rings is 1. The Morgan fingerprint density at radius 3 is 2.40 bits per heavy atom. The van der Waals surface area contributed by atoms with Crippen LogP contribution in [0.4, 0.5) is 0 Å². The maximum absolute atomic E-state index is 9.95. The third kappa shape index (κ3) is 2.02. The molecule has 54 valence electrons. The molecule has 10 heavy (non-hydrogen) atoms. The summed E-state index contributed by atoms with van der Waals surface area (Å²) >= 11 is 0. The van der Waals surface area contributed by atoms with Gasteiger partial charge in [0.05, 0.1) is 0 Å². The van der Waals surface area contributed by atoms with Gasteiger partial charge in [-0.3, -0.25) is 4.84 Å². The van der Waals surface area contributed by atoms with E-state index in [2.05, 4.69) is 4.84 Å². The van der Waals surface area contributed by atoms with Crippen LogP contribution >= 0.6 is 0 Å². The first-order valence-corrected chi connectivity index (χ1v) is 2.75. The fraction of sp³-hybridized carbons (Fsp3) is 0. The predicted molar refractivity (Wildman–Crippen MR) is 33.2 cm³/mol. The van der Waals surface area contributed by atoms with Crippen molar-refractivity contribution >= 4 is 0 Å². The summed E-state index contributed by atoms with van der Waals surface area (Å²) in [5.41, 5.74) is 0. The zero-order chi connectivity index (χ0) is 7.40. The van der Waals surface area contributed by atoms with E-state index in [0.29, 0.717) is 5.75 Å². The molecule has 2 N–H and O–H groups in total. The summed E-state index contributed by atoms with van der Waals surface area (Å²) in [5.74, 6) is 0.343. The van der Waals surface area contributed by atoms with E-state index in [1.54, 1.807) is 30.3 Å². The Kier molecular flexibility index (Phi) is 2.22. The maximum Gasteiger partial charge on any atom is 0.195 e. The normalized spacial score (nSPS) is 12.6. The van der Waals surface area contributed by atoms with E-state index in [1.165, 1.54) is 0 Å². The van der Waals surface area contributed by atoms with E-state index >= 15 is 0 Å². The monoisotopic (exact) mass is 141 g/mol. The van der Waals surface area contributed by atoms with Gasteiger partial charge in [0, 0.05) is 0 Å². The number of nitrogens with one attached hydrogen (secondary N) is 1. The lowest BCUT2D eigenvalue weighted by Crippen LogP contribution is -3.06. The number of hydrogen-bond donors (Lipinski definition) is 2. The number of hydrogen-bond acceptors (Lipinski definition) is 3. The molecular weight excluding hydrogens is 134 g/mol. The van der Waals surface area contributed by atoms with E-state index in [0.717, 1.165) is 0 Å². The number of quaternary nitrogens is 1. The van der Waals surface area contributed by atoms with Crippen LogP contribution in [-0.2, 0) is 0 Å². The molecule has 0 radical (unpaired) electrons. The molecule has 0 aliphatic heterocycles. The zero-order valence-corrected chi connectivity index (χ0v) is 5.15. The molecule has 0 heterocycles. The Morgan fingerprint density at radius 2 is 1.90 bits per heavy atom. The molecule has 1 rings (SSSR count). The largest absolute Gasteiger partial charge is 0.557 e. The SMILES string of the molecule is [O-][NH+](O)Oc1ccccc1. The first-order valence-electron chi connectivity index (χ1n) is 2.75. The van der Waals surface area contributed by atoms with Gasteiger partial charge < -0.3 is 5.21 Å². The lowest BCUT2D eigenvalue weighted by atomic mass is 10.3. The van der Waals surface area contributed by atoms with E-state index in [1.807, 2.05) is 0 Å². The van der Waals surface area contributed by atoms with Crippen LogP contribution < -0.4 is 10.2 Å². The molecule has 0 aromatic heterocycles. The van der Waals surface area contributed by atoms with Crippen molar-refractivity contribution in [1.29, 1.82) is 0 Å². The van der Waals surface area contributed by atoms with Crippen LogP contribution in [0.3, 0.4) is 0 Å². The van der Waals surface area contributed by atoms with Gasteiger partial charge in [0.15, 0.2) is 5.75 Å². The molecule has 1 aromatic carbocycles. The lowest BCUT2D eigenvalue weighted by molar-refractivity contribution is -1.18. The van der Waals surface area contributed by atoms with Gasteiger partial charge in [-0.1, -0.05) is 18.2 Å². The highest BCUT2D eigenvalue weighted by atomic mass is 17.1. The van der Waals surface area contributed by atoms with Gasteiger partial charge in [-0.15, -0.1) is 0 Å². The molecule has 0 saturated carbocycles. The minimum absolute atomic E-state index is 0.343. The molecular formula is C6H7NO3. The molecule has 0 amide bonds. The quantitative estimate of drug-likeness (QED) is 0.558. The molecule has 0 spiro atoms. The van der Waals surface area contributed by atoms with Crippen molar-refractivity contribution in [1.82, 2.24) is 0 Å². The summed E-state index contributed by atoms with van der Waals surface area (Å²) in [7, 11) is 0. The van der Waals surface area contributed by atoms with Gasteiger partial charge in [-0.25, -0.2) is 0 Å². The van der Waals surface area contributed by atoms with Crippen molar-refractivity contribution in [2.24, 2.45) is 0 Å². The van der Waals surface area contributed by atoms with Crippen molar-refractivity contribution in [3.8, 4) is 5.75 Å². The predicted octanol–water partition coefficient (Wildman–Crippen LogP) is -0.248. The number of para-hydroxylation sites is 1. The highest BCUT2D eigenvalue weighted by molar-refractivity contribution is 5.19. The molecule has 4 nitrogen and oxygen atoms in total. The number of rotatable bonds is 2. The molecule has 4 heteroatoms. The Bertz CT molecular complexity index is 187. The molecule has 0 bridgehead atoms. The summed E-state index contributed by atoms with van der Waals surface area (Å²) in [6, 6.07) is 8.35. The van der Waals surface area contributed by atoms with Crippen molar-refractivity contribution in [3.63, 3.8) is 0 Å². The van der Waals surface area contributed by atoms with E-state index in [9.17, 15) is 5.21 Å². The first kappa shape index (κ1) is 7.01. The third-order valence-electron chi connectivity index (χ3n) is 0.948. The average Bonchev–Trinajstić information content (AvgIpc) is 1.88. The maximum atomic E-state index is 9.95. The molecule has 1 aromatic rings. The molecule has 1 atom stereocenters. The Hall–Kier alpha value is -1.10. The van der Waals surface area contributed by atoms with E-state index in [-0.39, 0.29) is 0 Å². The minimum atomic E-state index is -1.29. The summed E-state index contributed by atoms with van der Waals surface area (Å²) in [4.78, 5) is 4.33. The Balaban J connectivity index is 2.59. The Labute approximate surface area is 57.8 Å². The average molecular weight is 141 g/mol. The van der Waals surface area contributed by atoms with Gasteiger partial charge in [-0.05, 0) is 17.5 Å². The first-order chi connectivity index (χ1) is 4.79. The lowest BCUT2D eigenvalue weighted by Gasteiger charge is -2.09. The molecule has 0 saturated heterocycles. The summed E-state index contributed by atoms with van der Waals surface area (Å²) in [5, 5.41) is 16.8. The fourth-order valence-corrected chi connectivity index (χ4v) is 0.589. The highest BCUT2D eigenvalue weighted by Crippen LogP contribution is 2.04. The second kappa shape index (κ2) is 3.17. The zero-order valence-electron chi connectivity index (χ0n) is 5.15. The van der Waals surface area contributed by atoms with Crippen LogP contribution in [0.5, 0.6) is 5.75 Å². The van der Waals surface area contributed by atoms with Crippen LogP contribution in [0.15, 0.2) is 30.3 Å².